The maximum atomic E-state index is 7.19. The van der Waals surface area contributed by atoms with Crippen LogP contribution < -0.4 is 4.90 Å². The molecule has 1 saturated heterocycles. The summed E-state index contributed by atoms with van der Waals surface area (Å²) in [6, 6.07) is 14.5. The topological polar surface area (TPSA) is 28.7 Å². The van der Waals surface area contributed by atoms with E-state index in [1.54, 1.807) is 0 Å². The molecule has 3 aromatic rings. The minimum atomic E-state index is 0.681. The van der Waals surface area contributed by atoms with Crippen molar-refractivity contribution in [2.24, 2.45) is 0 Å². The first-order valence-electron chi connectivity index (χ1n) is 10.1. The Balaban J connectivity index is 1.23. The van der Waals surface area contributed by atoms with Crippen LogP contribution in [0.5, 0.6) is 0 Å². The van der Waals surface area contributed by atoms with Crippen LogP contribution >= 0.6 is 0 Å². The molecule has 0 atom stereocenters. The Bertz CT molecular complexity index is 976. The molecule has 4 rings (SSSR count). The van der Waals surface area contributed by atoms with Crippen LogP contribution in [0.1, 0.15) is 18.4 Å². The van der Waals surface area contributed by atoms with Gasteiger partial charge in [-0.1, -0.05) is 18.2 Å². The van der Waals surface area contributed by atoms with Crippen molar-refractivity contribution in [3.63, 3.8) is 0 Å². The summed E-state index contributed by atoms with van der Waals surface area (Å²) in [5, 5.41) is 0. The zero-order valence-corrected chi connectivity index (χ0v) is 16.5. The van der Waals surface area contributed by atoms with E-state index in [2.05, 4.69) is 55.4 Å². The molecule has 1 aliphatic rings. The minimum Gasteiger partial charge on any atom is -0.369 e. The van der Waals surface area contributed by atoms with E-state index < -0.39 is 0 Å². The first-order chi connectivity index (χ1) is 13.7. The number of fused-ring (bicyclic) bond motifs is 1. The summed E-state index contributed by atoms with van der Waals surface area (Å²) in [5.41, 5.74) is 5.40. The van der Waals surface area contributed by atoms with Crippen molar-refractivity contribution >= 4 is 22.4 Å². The number of nitrogens with zero attached hydrogens (tertiary/aromatic N) is 5. The average molecular weight is 374 g/mol. The number of benzene rings is 2. The van der Waals surface area contributed by atoms with E-state index in [4.69, 9.17) is 6.57 Å². The molecule has 1 fully saturated rings. The Labute approximate surface area is 167 Å². The van der Waals surface area contributed by atoms with Gasteiger partial charge in [0, 0.05) is 38.4 Å². The van der Waals surface area contributed by atoms with Crippen molar-refractivity contribution in [1.82, 2.24) is 14.5 Å². The molecule has 1 aromatic heterocycles. The summed E-state index contributed by atoms with van der Waals surface area (Å²) in [5.74, 6) is 0. The molecule has 5 nitrogen and oxygen atoms in total. The quantitative estimate of drug-likeness (QED) is 0.471. The predicted molar refractivity (Wildman–Crippen MR) is 115 cm³/mol. The third kappa shape index (κ3) is 4.18. The SMILES string of the molecule is [C-]#[N+]c1ccc2ncn(CCCCN3CCN(c4cccc(C)c4)CC3)c2c1. The summed E-state index contributed by atoms with van der Waals surface area (Å²) in [7, 11) is 0. The Morgan fingerprint density at radius 1 is 1.00 bits per heavy atom. The summed E-state index contributed by atoms with van der Waals surface area (Å²) in [6.07, 6.45) is 4.22. The lowest BCUT2D eigenvalue weighted by atomic mass is 10.2. The lowest BCUT2D eigenvalue weighted by molar-refractivity contribution is 0.251. The molecule has 0 aliphatic carbocycles. The monoisotopic (exact) mass is 373 g/mol. The Morgan fingerprint density at radius 2 is 1.82 bits per heavy atom. The Hall–Kier alpha value is -2.84. The van der Waals surface area contributed by atoms with Crippen LogP contribution in [0.25, 0.3) is 15.9 Å². The number of anilines is 1. The fraction of sp³-hybridized carbons (Fsp3) is 0.391. The van der Waals surface area contributed by atoms with Gasteiger partial charge in [0.15, 0.2) is 5.69 Å². The molecule has 2 aromatic carbocycles. The van der Waals surface area contributed by atoms with Gasteiger partial charge in [0.2, 0.25) is 0 Å². The molecular formula is C23H27N5. The zero-order chi connectivity index (χ0) is 19.3. The molecule has 5 heteroatoms. The van der Waals surface area contributed by atoms with Crippen LogP contribution in [0.4, 0.5) is 11.4 Å². The fourth-order valence-electron chi connectivity index (χ4n) is 3.96. The smallest absolute Gasteiger partial charge is 0.189 e. The van der Waals surface area contributed by atoms with Gasteiger partial charge >= 0.3 is 0 Å². The van der Waals surface area contributed by atoms with E-state index in [9.17, 15) is 0 Å². The highest BCUT2D eigenvalue weighted by Gasteiger charge is 2.16. The summed E-state index contributed by atoms with van der Waals surface area (Å²) in [6.45, 7) is 15.9. The standard InChI is InChI=1S/C23H27N5/c1-19-6-5-7-21(16-19)27-14-12-26(13-15-27)10-3-4-11-28-18-25-22-9-8-20(24-2)17-23(22)28/h5-9,16-18H,3-4,10-15H2,1H3. The average Bonchev–Trinajstić information content (AvgIpc) is 3.14. The second-order valence-corrected chi connectivity index (χ2v) is 7.60. The van der Waals surface area contributed by atoms with Gasteiger partial charge in [-0.2, -0.15) is 0 Å². The zero-order valence-electron chi connectivity index (χ0n) is 16.5. The van der Waals surface area contributed by atoms with Gasteiger partial charge < -0.3 is 9.47 Å². The number of unbranched alkanes of at least 4 members (excludes halogenated alkanes) is 1. The van der Waals surface area contributed by atoms with E-state index in [0.717, 1.165) is 56.7 Å². The van der Waals surface area contributed by atoms with E-state index in [0.29, 0.717) is 5.69 Å². The summed E-state index contributed by atoms with van der Waals surface area (Å²) in [4.78, 5) is 13.1. The van der Waals surface area contributed by atoms with Gasteiger partial charge in [-0.3, -0.25) is 4.90 Å². The molecule has 0 amide bonds. The number of hydrogen-bond acceptors (Lipinski definition) is 3. The molecule has 0 bridgehead atoms. The van der Waals surface area contributed by atoms with Crippen molar-refractivity contribution in [2.45, 2.75) is 26.3 Å². The normalized spacial score (nSPS) is 15.1. The van der Waals surface area contributed by atoms with Gasteiger partial charge in [0.05, 0.1) is 23.9 Å². The Morgan fingerprint density at radius 3 is 2.61 bits per heavy atom. The number of imidazole rings is 1. The third-order valence-electron chi connectivity index (χ3n) is 5.60. The van der Waals surface area contributed by atoms with Crippen LogP contribution in [0.2, 0.25) is 0 Å². The van der Waals surface area contributed by atoms with Gasteiger partial charge in [-0.05, 0) is 56.1 Å². The first-order valence-corrected chi connectivity index (χ1v) is 10.1. The molecule has 144 valence electrons. The lowest BCUT2D eigenvalue weighted by Gasteiger charge is -2.36. The molecule has 2 heterocycles. The maximum absolute atomic E-state index is 7.19. The van der Waals surface area contributed by atoms with Crippen molar-refractivity contribution in [3.05, 3.63) is 65.8 Å². The van der Waals surface area contributed by atoms with Gasteiger partial charge in [-0.25, -0.2) is 9.83 Å². The predicted octanol–water partition coefficient (Wildman–Crippen LogP) is 4.50. The largest absolute Gasteiger partial charge is 0.369 e. The summed E-state index contributed by atoms with van der Waals surface area (Å²) < 4.78 is 2.18. The molecule has 0 N–H and O–H groups in total. The van der Waals surface area contributed by atoms with E-state index in [1.165, 1.54) is 17.7 Å². The summed E-state index contributed by atoms with van der Waals surface area (Å²) >= 11 is 0. The van der Waals surface area contributed by atoms with E-state index >= 15 is 0 Å². The van der Waals surface area contributed by atoms with Crippen LogP contribution in [0.15, 0.2) is 48.8 Å². The second kappa shape index (κ2) is 8.45. The van der Waals surface area contributed by atoms with E-state index in [1.807, 2.05) is 24.5 Å². The van der Waals surface area contributed by atoms with Crippen LogP contribution in [0.3, 0.4) is 0 Å². The first kappa shape index (κ1) is 18.5. The fourth-order valence-corrected chi connectivity index (χ4v) is 3.96. The third-order valence-corrected chi connectivity index (χ3v) is 5.60. The van der Waals surface area contributed by atoms with Crippen LogP contribution in [-0.4, -0.2) is 47.2 Å². The van der Waals surface area contributed by atoms with Crippen molar-refractivity contribution in [2.75, 3.05) is 37.6 Å². The highest BCUT2D eigenvalue weighted by atomic mass is 15.3. The molecule has 0 spiro atoms. The van der Waals surface area contributed by atoms with Gasteiger partial charge in [0.1, 0.15) is 0 Å². The molecule has 0 unspecified atom stereocenters. The number of aromatic nitrogens is 2. The van der Waals surface area contributed by atoms with Crippen molar-refractivity contribution in [1.29, 1.82) is 0 Å². The minimum absolute atomic E-state index is 0.681. The number of piperazine rings is 1. The highest BCUT2D eigenvalue weighted by molar-refractivity contribution is 5.79. The van der Waals surface area contributed by atoms with Gasteiger partial charge in [-0.15, -0.1) is 0 Å². The molecule has 1 aliphatic heterocycles. The number of rotatable bonds is 6. The lowest BCUT2D eigenvalue weighted by Crippen LogP contribution is -2.46. The van der Waals surface area contributed by atoms with Crippen LogP contribution in [-0.2, 0) is 6.54 Å². The highest BCUT2D eigenvalue weighted by Crippen LogP contribution is 2.21. The van der Waals surface area contributed by atoms with Gasteiger partial charge in [0.25, 0.3) is 0 Å². The van der Waals surface area contributed by atoms with Crippen LogP contribution in [0, 0.1) is 13.5 Å². The van der Waals surface area contributed by atoms with Crippen molar-refractivity contribution < 1.29 is 0 Å². The molecular weight excluding hydrogens is 346 g/mol. The molecule has 0 saturated carbocycles. The molecule has 28 heavy (non-hydrogen) atoms. The van der Waals surface area contributed by atoms with E-state index in [-0.39, 0.29) is 0 Å². The number of aryl methyl sites for hydroxylation is 2. The Kier molecular flexibility index (Phi) is 5.59. The second-order valence-electron chi connectivity index (χ2n) is 7.60. The van der Waals surface area contributed by atoms with Crippen molar-refractivity contribution in [3.8, 4) is 0 Å². The maximum Gasteiger partial charge on any atom is 0.189 e. The molecule has 0 radical (unpaired) electrons. The number of hydrogen-bond donors (Lipinski definition) is 0.